The summed E-state index contributed by atoms with van der Waals surface area (Å²) in [4.78, 5) is 26.1. The van der Waals surface area contributed by atoms with Crippen LogP contribution in [0.1, 0.15) is 39.2 Å². The lowest BCUT2D eigenvalue weighted by molar-refractivity contribution is 0.0507. The Morgan fingerprint density at radius 2 is 2.27 bits per heavy atom. The molecular formula is C15H17N3O4. The van der Waals surface area contributed by atoms with Gasteiger partial charge in [-0.15, -0.1) is 0 Å². The number of furan rings is 1. The SMILES string of the molecule is CCOC(=O)c1c2c(nn1C)CCN(C(=O)c1ccco1)C2. The van der Waals surface area contributed by atoms with Crippen LogP contribution >= 0.6 is 0 Å². The fourth-order valence-corrected chi connectivity index (χ4v) is 2.69. The van der Waals surface area contributed by atoms with Gasteiger partial charge in [0.25, 0.3) is 5.91 Å². The Bertz CT molecular complexity index is 703. The lowest BCUT2D eigenvalue weighted by Gasteiger charge is -2.25. The maximum atomic E-state index is 12.4. The second-order valence-electron chi connectivity index (χ2n) is 5.07. The number of nitrogens with zero attached hydrogens (tertiary/aromatic N) is 3. The molecule has 7 nitrogen and oxygen atoms in total. The van der Waals surface area contributed by atoms with Crippen LogP contribution in [-0.2, 0) is 24.8 Å². The average molecular weight is 303 g/mol. The molecule has 0 aliphatic carbocycles. The van der Waals surface area contributed by atoms with Crippen LogP contribution in [0, 0.1) is 0 Å². The fraction of sp³-hybridized carbons (Fsp3) is 0.400. The molecule has 7 heteroatoms. The molecule has 0 fully saturated rings. The third kappa shape index (κ3) is 2.38. The molecule has 22 heavy (non-hydrogen) atoms. The third-order valence-corrected chi connectivity index (χ3v) is 3.68. The first-order valence-corrected chi connectivity index (χ1v) is 7.16. The minimum atomic E-state index is -0.411. The van der Waals surface area contributed by atoms with Gasteiger partial charge in [0.1, 0.15) is 0 Å². The van der Waals surface area contributed by atoms with Gasteiger partial charge >= 0.3 is 5.97 Å². The quantitative estimate of drug-likeness (QED) is 0.801. The van der Waals surface area contributed by atoms with Crippen molar-refractivity contribution in [2.24, 2.45) is 7.05 Å². The summed E-state index contributed by atoms with van der Waals surface area (Å²) in [6.45, 7) is 2.93. The van der Waals surface area contributed by atoms with Gasteiger partial charge in [-0.3, -0.25) is 9.48 Å². The summed E-state index contributed by atoms with van der Waals surface area (Å²) in [5.74, 6) is -0.301. The zero-order valence-corrected chi connectivity index (χ0v) is 12.5. The lowest BCUT2D eigenvalue weighted by atomic mass is 10.0. The van der Waals surface area contributed by atoms with Gasteiger partial charge in [0.05, 0.1) is 25.1 Å². The first kappa shape index (κ1) is 14.4. The van der Waals surface area contributed by atoms with Crippen molar-refractivity contribution in [2.45, 2.75) is 19.9 Å². The van der Waals surface area contributed by atoms with E-state index in [1.54, 1.807) is 31.0 Å². The number of hydrogen-bond donors (Lipinski definition) is 0. The first-order chi connectivity index (χ1) is 10.6. The standard InChI is InChI=1S/C15H17N3O4/c1-3-21-15(20)13-10-9-18(7-6-11(10)16-17(13)2)14(19)12-5-4-8-22-12/h4-5,8H,3,6-7,9H2,1-2H3. The molecule has 116 valence electrons. The molecule has 0 spiro atoms. The molecule has 1 aliphatic heterocycles. The van der Waals surface area contributed by atoms with Gasteiger partial charge in [0, 0.05) is 25.6 Å². The highest BCUT2D eigenvalue weighted by atomic mass is 16.5. The monoisotopic (exact) mass is 303 g/mol. The fourth-order valence-electron chi connectivity index (χ4n) is 2.69. The highest BCUT2D eigenvalue weighted by molar-refractivity contribution is 5.93. The molecule has 1 aliphatic rings. The maximum Gasteiger partial charge on any atom is 0.356 e. The highest BCUT2D eigenvalue weighted by Crippen LogP contribution is 2.24. The van der Waals surface area contributed by atoms with Crippen LogP contribution in [0.2, 0.25) is 0 Å². The molecule has 0 bridgehead atoms. The van der Waals surface area contributed by atoms with Crippen molar-refractivity contribution >= 4 is 11.9 Å². The number of ether oxygens (including phenoxy) is 1. The Morgan fingerprint density at radius 3 is 2.95 bits per heavy atom. The van der Waals surface area contributed by atoms with Gasteiger partial charge in [-0.1, -0.05) is 0 Å². The van der Waals surface area contributed by atoms with Crippen LogP contribution in [0.5, 0.6) is 0 Å². The molecule has 0 saturated carbocycles. The summed E-state index contributed by atoms with van der Waals surface area (Å²) in [7, 11) is 1.71. The van der Waals surface area contributed by atoms with Gasteiger partial charge in [0.15, 0.2) is 11.5 Å². The van der Waals surface area contributed by atoms with Crippen LogP contribution in [-0.4, -0.2) is 39.7 Å². The number of carbonyl (C=O) groups excluding carboxylic acids is 2. The molecule has 0 N–H and O–H groups in total. The van der Waals surface area contributed by atoms with E-state index in [4.69, 9.17) is 9.15 Å². The van der Waals surface area contributed by atoms with Gasteiger partial charge in [-0.25, -0.2) is 4.79 Å². The topological polar surface area (TPSA) is 77.6 Å². The number of aromatic nitrogens is 2. The van der Waals surface area contributed by atoms with Crippen molar-refractivity contribution < 1.29 is 18.7 Å². The molecule has 0 unspecified atom stereocenters. The van der Waals surface area contributed by atoms with E-state index in [9.17, 15) is 9.59 Å². The Kier molecular flexibility index (Phi) is 3.70. The van der Waals surface area contributed by atoms with Crippen molar-refractivity contribution in [3.8, 4) is 0 Å². The van der Waals surface area contributed by atoms with Gasteiger partial charge in [-0.05, 0) is 19.1 Å². The predicted molar refractivity (Wildman–Crippen MR) is 76.3 cm³/mol. The molecule has 0 radical (unpaired) electrons. The van der Waals surface area contributed by atoms with E-state index in [-0.39, 0.29) is 5.91 Å². The number of aryl methyl sites for hydroxylation is 1. The molecular weight excluding hydrogens is 286 g/mol. The Labute approximate surface area is 127 Å². The van der Waals surface area contributed by atoms with E-state index in [0.29, 0.717) is 37.6 Å². The summed E-state index contributed by atoms with van der Waals surface area (Å²) >= 11 is 0. The second kappa shape index (κ2) is 5.67. The van der Waals surface area contributed by atoms with Crippen LogP contribution in [0.4, 0.5) is 0 Å². The molecule has 1 amide bonds. The van der Waals surface area contributed by atoms with E-state index in [1.807, 2.05) is 0 Å². The lowest BCUT2D eigenvalue weighted by Crippen LogP contribution is -2.36. The van der Waals surface area contributed by atoms with Gasteiger partial charge in [0.2, 0.25) is 0 Å². The molecule has 3 rings (SSSR count). The number of rotatable bonds is 3. The number of esters is 1. The Hall–Kier alpha value is -2.57. The van der Waals surface area contributed by atoms with Crippen molar-refractivity contribution in [1.29, 1.82) is 0 Å². The minimum Gasteiger partial charge on any atom is -0.461 e. The largest absolute Gasteiger partial charge is 0.461 e. The van der Waals surface area contributed by atoms with Crippen molar-refractivity contribution in [3.63, 3.8) is 0 Å². The number of carbonyl (C=O) groups is 2. The molecule has 2 aromatic heterocycles. The smallest absolute Gasteiger partial charge is 0.356 e. The molecule has 0 aromatic carbocycles. The predicted octanol–water partition coefficient (Wildman–Crippen LogP) is 1.39. The van der Waals surface area contributed by atoms with E-state index in [1.165, 1.54) is 10.9 Å². The van der Waals surface area contributed by atoms with E-state index in [2.05, 4.69) is 5.10 Å². The zero-order valence-electron chi connectivity index (χ0n) is 12.5. The molecule has 2 aromatic rings. The third-order valence-electron chi connectivity index (χ3n) is 3.68. The first-order valence-electron chi connectivity index (χ1n) is 7.16. The normalized spacial score (nSPS) is 13.8. The average Bonchev–Trinajstić information content (AvgIpc) is 3.12. The summed E-state index contributed by atoms with van der Waals surface area (Å²) in [5.41, 5.74) is 2.01. The number of fused-ring (bicyclic) bond motifs is 1. The van der Waals surface area contributed by atoms with E-state index in [0.717, 1.165) is 11.3 Å². The van der Waals surface area contributed by atoms with Crippen molar-refractivity contribution in [2.75, 3.05) is 13.2 Å². The van der Waals surface area contributed by atoms with Gasteiger partial charge in [-0.2, -0.15) is 5.10 Å². The minimum absolute atomic E-state index is 0.186. The van der Waals surface area contributed by atoms with Gasteiger partial charge < -0.3 is 14.1 Å². The van der Waals surface area contributed by atoms with Crippen LogP contribution in [0.25, 0.3) is 0 Å². The van der Waals surface area contributed by atoms with Crippen molar-refractivity contribution in [1.82, 2.24) is 14.7 Å². The number of amides is 1. The molecule has 3 heterocycles. The Morgan fingerprint density at radius 1 is 1.45 bits per heavy atom. The summed E-state index contributed by atoms with van der Waals surface area (Å²) in [6, 6.07) is 3.31. The van der Waals surface area contributed by atoms with Crippen LogP contribution in [0.15, 0.2) is 22.8 Å². The molecule has 0 atom stereocenters. The van der Waals surface area contributed by atoms with Crippen molar-refractivity contribution in [3.05, 3.63) is 41.1 Å². The van der Waals surface area contributed by atoms with Crippen LogP contribution < -0.4 is 0 Å². The highest BCUT2D eigenvalue weighted by Gasteiger charge is 2.30. The summed E-state index contributed by atoms with van der Waals surface area (Å²) in [6.07, 6.45) is 2.08. The van der Waals surface area contributed by atoms with E-state index >= 15 is 0 Å². The number of hydrogen-bond acceptors (Lipinski definition) is 5. The second-order valence-corrected chi connectivity index (χ2v) is 5.07. The Balaban J connectivity index is 1.88. The van der Waals surface area contributed by atoms with Crippen LogP contribution in [0.3, 0.4) is 0 Å². The maximum absolute atomic E-state index is 12.4. The summed E-state index contributed by atoms with van der Waals surface area (Å²) < 4.78 is 11.8. The zero-order chi connectivity index (χ0) is 15.7. The summed E-state index contributed by atoms with van der Waals surface area (Å²) in [5, 5.41) is 4.37. The van der Waals surface area contributed by atoms with E-state index < -0.39 is 5.97 Å². The molecule has 0 saturated heterocycles.